The van der Waals surface area contributed by atoms with Gasteiger partial charge in [-0.1, -0.05) is 6.58 Å². The predicted octanol–water partition coefficient (Wildman–Crippen LogP) is 2.05. The summed E-state index contributed by atoms with van der Waals surface area (Å²) >= 11 is 1.91. The van der Waals surface area contributed by atoms with E-state index in [9.17, 15) is 0 Å². The maximum atomic E-state index is 5.59. The second kappa shape index (κ2) is 5.49. The number of nitrogens with zero attached hydrogens (tertiary/aromatic N) is 1. The third kappa shape index (κ3) is 5.93. The predicted molar refractivity (Wildman–Crippen MR) is 64.3 cm³/mol. The molecule has 0 aromatic heterocycles. The molecule has 76 valence electrons. The number of halogens is 1. The van der Waals surface area contributed by atoms with Crippen LogP contribution in [0.3, 0.4) is 0 Å². The molecule has 0 aromatic carbocycles. The first-order valence-corrected chi connectivity index (χ1v) is 4.89. The molecule has 0 amide bonds. The Balaban J connectivity index is 4.15. The van der Waals surface area contributed by atoms with Crippen molar-refractivity contribution in [3.63, 3.8) is 0 Å². The van der Waals surface area contributed by atoms with Crippen molar-refractivity contribution in [1.29, 1.82) is 0 Å². The Morgan fingerprint density at radius 3 is 2.62 bits per heavy atom. The largest absolute Gasteiger partial charge is 0.398 e. The fourth-order valence-electron chi connectivity index (χ4n) is 0.978. The van der Waals surface area contributed by atoms with Gasteiger partial charge in [-0.15, -0.1) is 0 Å². The molecule has 4 heteroatoms. The van der Waals surface area contributed by atoms with Crippen molar-refractivity contribution in [3.05, 3.63) is 24.6 Å². The molecule has 0 radical (unpaired) electrons. The van der Waals surface area contributed by atoms with Crippen LogP contribution in [-0.4, -0.2) is 24.1 Å². The van der Waals surface area contributed by atoms with E-state index in [0.29, 0.717) is 5.70 Å². The third-order valence-electron chi connectivity index (χ3n) is 1.44. The molecule has 3 nitrogen and oxygen atoms in total. The van der Waals surface area contributed by atoms with Gasteiger partial charge in [-0.25, -0.2) is 0 Å². The lowest BCUT2D eigenvalue weighted by Gasteiger charge is -2.26. The van der Waals surface area contributed by atoms with E-state index in [1.807, 2.05) is 55.0 Å². The molecule has 0 unspecified atom stereocenters. The maximum Gasteiger partial charge on any atom is 0.110 e. The second-order valence-corrected chi connectivity index (χ2v) is 4.03. The fraction of sp³-hybridized carbons (Fsp3) is 0.556. The number of nitrogens with two attached hydrogens (primary N) is 1. The lowest BCUT2D eigenvalue weighted by molar-refractivity contribution is 0.136. The standard InChI is InChI=1S/C9H17IN2O/c1-5-8(11)6-12(4)7-9(2,3)13-10/h5-6H,1,7,11H2,2-4H3/b8-6+. The summed E-state index contributed by atoms with van der Waals surface area (Å²) in [6, 6.07) is 0. The highest BCUT2D eigenvalue weighted by atomic mass is 127. The lowest BCUT2D eigenvalue weighted by atomic mass is 10.1. The Bertz CT molecular complexity index is 202. The van der Waals surface area contributed by atoms with Crippen LogP contribution in [0.2, 0.25) is 0 Å². The van der Waals surface area contributed by atoms with Crippen LogP contribution in [0, 0.1) is 0 Å². The summed E-state index contributed by atoms with van der Waals surface area (Å²) in [5.74, 6) is 0. The third-order valence-corrected chi connectivity index (χ3v) is 2.64. The molecule has 0 rings (SSSR count). The van der Waals surface area contributed by atoms with Crippen LogP contribution in [0.4, 0.5) is 0 Å². The molecule has 0 atom stereocenters. The van der Waals surface area contributed by atoms with E-state index < -0.39 is 0 Å². The normalized spacial score (nSPS) is 12.8. The number of likely N-dealkylation sites (N-methyl/N-ethyl adjacent to an activating group) is 1. The molecule has 0 aliphatic rings. The zero-order valence-corrected chi connectivity index (χ0v) is 10.5. The van der Waals surface area contributed by atoms with Crippen molar-refractivity contribution in [2.24, 2.45) is 5.73 Å². The van der Waals surface area contributed by atoms with E-state index in [1.165, 1.54) is 0 Å². The number of rotatable bonds is 5. The molecule has 13 heavy (non-hydrogen) atoms. The van der Waals surface area contributed by atoms with Crippen LogP contribution < -0.4 is 5.73 Å². The Kier molecular flexibility index (Phi) is 5.39. The molecule has 0 aliphatic carbocycles. The van der Waals surface area contributed by atoms with Crippen molar-refractivity contribution in [2.45, 2.75) is 19.4 Å². The lowest BCUT2D eigenvalue weighted by Crippen LogP contribution is -2.34. The second-order valence-electron chi connectivity index (χ2n) is 3.59. The minimum atomic E-state index is -0.173. The van der Waals surface area contributed by atoms with E-state index >= 15 is 0 Å². The Labute approximate surface area is 94.3 Å². The summed E-state index contributed by atoms with van der Waals surface area (Å²) in [5.41, 5.74) is 6.08. The van der Waals surface area contributed by atoms with E-state index in [2.05, 4.69) is 6.58 Å². The van der Waals surface area contributed by atoms with Gasteiger partial charge in [0.15, 0.2) is 0 Å². The summed E-state index contributed by atoms with van der Waals surface area (Å²) < 4.78 is 5.26. The minimum absolute atomic E-state index is 0.173. The summed E-state index contributed by atoms with van der Waals surface area (Å²) in [5, 5.41) is 0. The smallest absolute Gasteiger partial charge is 0.110 e. The molecular weight excluding hydrogens is 279 g/mol. The van der Waals surface area contributed by atoms with E-state index in [-0.39, 0.29) is 5.60 Å². The van der Waals surface area contributed by atoms with E-state index in [0.717, 1.165) is 6.54 Å². The van der Waals surface area contributed by atoms with Crippen LogP contribution in [0.5, 0.6) is 0 Å². The zero-order valence-electron chi connectivity index (χ0n) is 8.38. The van der Waals surface area contributed by atoms with Crippen molar-refractivity contribution in [3.8, 4) is 0 Å². The SMILES string of the molecule is C=C/C(N)=C\N(C)CC(C)(C)OI. The molecule has 0 heterocycles. The van der Waals surface area contributed by atoms with Gasteiger partial charge in [-0.2, -0.15) is 0 Å². The summed E-state index contributed by atoms with van der Waals surface area (Å²) in [7, 11) is 1.95. The van der Waals surface area contributed by atoms with Crippen LogP contribution in [0.25, 0.3) is 0 Å². The van der Waals surface area contributed by atoms with Gasteiger partial charge in [0.1, 0.15) is 23.0 Å². The van der Waals surface area contributed by atoms with Crippen molar-refractivity contribution in [1.82, 2.24) is 4.90 Å². The van der Waals surface area contributed by atoms with Crippen molar-refractivity contribution < 1.29 is 3.07 Å². The maximum absolute atomic E-state index is 5.59. The van der Waals surface area contributed by atoms with Crippen LogP contribution in [0.1, 0.15) is 13.8 Å². The summed E-state index contributed by atoms with van der Waals surface area (Å²) in [6.07, 6.45) is 3.46. The van der Waals surface area contributed by atoms with E-state index in [4.69, 9.17) is 8.80 Å². The van der Waals surface area contributed by atoms with Gasteiger partial charge >= 0.3 is 0 Å². The molecular formula is C9H17IN2O. The molecule has 0 bridgehead atoms. The Morgan fingerprint density at radius 2 is 2.23 bits per heavy atom. The van der Waals surface area contributed by atoms with E-state index in [1.54, 1.807) is 6.08 Å². The number of hydrogen-bond acceptors (Lipinski definition) is 3. The first-order valence-electron chi connectivity index (χ1n) is 4.01. The van der Waals surface area contributed by atoms with Crippen molar-refractivity contribution >= 4 is 23.0 Å². The highest BCUT2D eigenvalue weighted by Crippen LogP contribution is 2.14. The van der Waals surface area contributed by atoms with Gasteiger partial charge in [0, 0.05) is 25.5 Å². The molecule has 0 saturated heterocycles. The van der Waals surface area contributed by atoms with Gasteiger partial charge in [-0.05, 0) is 19.9 Å². The molecule has 0 fully saturated rings. The van der Waals surface area contributed by atoms with Crippen LogP contribution >= 0.6 is 23.0 Å². The molecule has 2 N–H and O–H groups in total. The summed E-state index contributed by atoms with van der Waals surface area (Å²) in [4.78, 5) is 1.98. The van der Waals surface area contributed by atoms with Crippen LogP contribution in [0.15, 0.2) is 24.6 Å². The number of allylic oxidation sites excluding steroid dienone is 1. The Morgan fingerprint density at radius 1 is 1.69 bits per heavy atom. The topological polar surface area (TPSA) is 38.5 Å². The fourth-order valence-corrected chi connectivity index (χ4v) is 1.12. The Hall–Kier alpha value is -0.230. The highest BCUT2D eigenvalue weighted by Gasteiger charge is 2.18. The quantitative estimate of drug-likeness (QED) is 0.623. The molecule has 0 spiro atoms. The average molecular weight is 296 g/mol. The van der Waals surface area contributed by atoms with Crippen LogP contribution in [-0.2, 0) is 3.07 Å². The van der Waals surface area contributed by atoms with Gasteiger partial charge < -0.3 is 13.7 Å². The highest BCUT2D eigenvalue weighted by molar-refractivity contribution is 14.1. The monoisotopic (exact) mass is 296 g/mol. The number of hydrogen-bond donors (Lipinski definition) is 1. The molecule has 0 aliphatic heterocycles. The first-order chi connectivity index (χ1) is 5.91. The van der Waals surface area contributed by atoms with Crippen molar-refractivity contribution in [2.75, 3.05) is 13.6 Å². The first kappa shape index (κ1) is 12.8. The van der Waals surface area contributed by atoms with Gasteiger partial charge in [-0.3, -0.25) is 0 Å². The average Bonchev–Trinajstić information content (AvgIpc) is 2.03. The van der Waals surface area contributed by atoms with Gasteiger partial charge in [0.05, 0.1) is 5.60 Å². The molecule has 0 aromatic rings. The van der Waals surface area contributed by atoms with Gasteiger partial charge in [0.2, 0.25) is 0 Å². The summed E-state index contributed by atoms with van der Waals surface area (Å²) in [6.45, 7) is 8.40. The zero-order chi connectivity index (χ0) is 10.5. The molecule has 0 saturated carbocycles. The minimum Gasteiger partial charge on any atom is -0.398 e. The van der Waals surface area contributed by atoms with Gasteiger partial charge in [0.25, 0.3) is 0 Å².